The summed E-state index contributed by atoms with van der Waals surface area (Å²) in [4.78, 5) is 44.8. The summed E-state index contributed by atoms with van der Waals surface area (Å²) in [6.07, 6.45) is 6.45. The van der Waals surface area contributed by atoms with E-state index in [4.69, 9.17) is 9.47 Å². The van der Waals surface area contributed by atoms with Crippen LogP contribution in [0.5, 0.6) is 5.75 Å². The second-order valence-corrected chi connectivity index (χ2v) is 11.3. The van der Waals surface area contributed by atoms with E-state index in [1.807, 2.05) is 12.1 Å². The van der Waals surface area contributed by atoms with Gasteiger partial charge >= 0.3 is 5.97 Å². The van der Waals surface area contributed by atoms with Gasteiger partial charge in [0.2, 0.25) is 5.91 Å². The largest absolute Gasteiger partial charge is 0.497 e. The van der Waals surface area contributed by atoms with Crippen LogP contribution >= 0.6 is 11.8 Å². The van der Waals surface area contributed by atoms with Crippen LogP contribution in [-0.2, 0) is 19.1 Å². The van der Waals surface area contributed by atoms with Crippen LogP contribution in [0.25, 0.3) is 0 Å². The average Bonchev–Trinajstić information content (AvgIpc) is 3.55. The van der Waals surface area contributed by atoms with E-state index in [1.54, 1.807) is 53.0 Å². The number of benzene rings is 1. The molecule has 0 aliphatic carbocycles. The Kier molecular flexibility index (Phi) is 8.64. The molecule has 200 valence electrons. The first-order chi connectivity index (χ1) is 17.9. The number of aliphatic hydroxyl groups is 1. The molecular formula is C28H36N2O6S. The van der Waals surface area contributed by atoms with Gasteiger partial charge in [-0.15, -0.1) is 24.9 Å². The second-order valence-electron chi connectivity index (χ2n) is 9.70. The molecule has 5 atom stereocenters. The Labute approximate surface area is 222 Å². The number of likely N-dealkylation sites (tertiary alicyclic amines) is 1. The first-order valence-corrected chi connectivity index (χ1v) is 13.7. The highest BCUT2D eigenvalue weighted by atomic mass is 32.2. The number of anilines is 1. The molecule has 2 unspecified atom stereocenters. The SMILES string of the molecule is C=CCCOC(=O)[C@@H]1[C@@H]2CCC3(S2)C(C(=O)N(CC=C)c2ccc(OC)cc2)N(CCCCO)C(=O)[C@H]13. The van der Waals surface area contributed by atoms with Crippen LogP contribution in [0.4, 0.5) is 5.69 Å². The predicted octanol–water partition coefficient (Wildman–Crippen LogP) is 3.20. The molecule has 8 nitrogen and oxygen atoms in total. The Balaban J connectivity index is 1.69. The molecule has 4 rings (SSSR count). The maximum Gasteiger partial charge on any atom is 0.310 e. The van der Waals surface area contributed by atoms with E-state index >= 15 is 0 Å². The Morgan fingerprint density at radius 1 is 1.24 bits per heavy atom. The Bertz CT molecular complexity index is 1030. The summed E-state index contributed by atoms with van der Waals surface area (Å²) in [5.74, 6) is -1.19. The fourth-order valence-electron chi connectivity index (χ4n) is 6.04. The molecule has 3 aliphatic heterocycles. The van der Waals surface area contributed by atoms with Crippen LogP contribution in [0.2, 0.25) is 0 Å². The van der Waals surface area contributed by atoms with Crippen LogP contribution in [0.15, 0.2) is 49.6 Å². The van der Waals surface area contributed by atoms with Gasteiger partial charge in [0.25, 0.3) is 5.91 Å². The Morgan fingerprint density at radius 2 is 2.00 bits per heavy atom. The Hall–Kier alpha value is -2.78. The molecule has 9 heteroatoms. The monoisotopic (exact) mass is 528 g/mol. The van der Waals surface area contributed by atoms with Gasteiger partial charge in [0.15, 0.2) is 0 Å². The molecule has 1 aromatic carbocycles. The number of unbranched alkanes of at least 4 members (excludes halogenated alkanes) is 1. The van der Waals surface area contributed by atoms with Gasteiger partial charge in [-0.25, -0.2) is 0 Å². The number of hydrogen-bond donors (Lipinski definition) is 1. The minimum absolute atomic E-state index is 0.0126. The van der Waals surface area contributed by atoms with E-state index in [-0.39, 0.29) is 42.8 Å². The van der Waals surface area contributed by atoms with Crippen molar-refractivity contribution < 1.29 is 29.0 Å². The normalized spacial score (nSPS) is 27.6. The van der Waals surface area contributed by atoms with E-state index in [0.717, 1.165) is 6.42 Å². The number of rotatable bonds is 13. The molecule has 3 aliphatic rings. The van der Waals surface area contributed by atoms with E-state index < -0.39 is 22.6 Å². The molecule has 3 saturated heterocycles. The van der Waals surface area contributed by atoms with Crippen molar-refractivity contribution in [3.8, 4) is 5.75 Å². The summed E-state index contributed by atoms with van der Waals surface area (Å²) in [5.41, 5.74) is 0.686. The number of fused-ring (bicyclic) bond motifs is 1. The maximum atomic E-state index is 14.4. The van der Waals surface area contributed by atoms with E-state index in [9.17, 15) is 19.5 Å². The third-order valence-corrected chi connectivity index (χ3v) is 9.59. The lowest BCUT2D eigenvalue weighted by Gasteiger charge is -2.37. The number of carbonyl (C=O) groups is 3. The zero-order valence-electron chi connectivity index (χ0n) is 21.3. The van der Waals surface area contributed by atoms with Crippen molar-refractivity contribution in [2.75, 3.05) is 38.3 Å². The molecule has 0 radical (unpaired) electrons. The topological polar surface area (TPSA) is 96.4 Å². The van der Waals surface area contributed by atoms with Gasteiger partial charge in [-0.1, -0.05) is 12.2 Å². The standard InChI is InChI=1S/C28H36N2O6S/c1-4-6-18-36-27(34)22-21-13-14-28(37-21)23(22)25(32)30(16-7-8-17-31)24(28)26(33)29(15-5-2)19-9-11-20(35-3)12-10-19/h4-5,9-12,21-24,31H,1-2,6-8,13-18H2,3H3/t21-,22+,23-,24?,28?/m0/s1. The zero-order chi connectivity index (χ0) is 26.6. The van der Waals surface area contributed by atoms with Crippen molar-refractivity contribution >= 4 is 35.2 Å². The van der Waals surface area contributed by atoms with Crippen molar-refractivity contribution in [1.29, 1.82) is 0 Å². The van der Waals surface area contributed by atoms with Crippen molar-refractivity contribution in [3.63, 3.8) is 0 Å². The maximum absolute atomic E-state index is 14.4. The highest BCUT2D eigenvalue weighted by Gasteiger charge is 2.74. The molecule has 3 heterocycles. The summed E-state index contributed by atoms with van der Waals surface area (Å²) in [6.45, 7) is 8.39. The highest BCUT2D eigenvalue weighted by molar-refractivity contribution is 8.02. The quantitative estimate of drug-likeness (QED) is 0.239. The van der Waals surface area contributed by atoms with Crippen molar-refractivity contribution in [1.82, 2.24) is 4.90 Å². The molecule has 1 spiro atoms. The van der Waals surface area contributed by atoms with Crippen LogP contribution in [0.1, 0.15) is 32.1 Å². The van der Waals surface area contributed by atoms with E-state index in [0.29, 0.717) is 43.7 Å². The molecule has 37 heavy (non-hydrogen) atoms. The number of methoxy groups -OCH3 is 1. The van der Waals surface area contributed by atoms with Gasteiger partial charge in [0, 0.05) is 30.6 Å². The van der Waals surface area contributed by atoms with Gasteiger partial charge in [-0.05, 0) is 56.4 Å². The van der Waals surface area contributed by atoms with Gasteiger partial charge in [-0.3, -0.25) is 14.4 Å². The highest BCUT2D eigenvalue weighted by Crippen LogP contribution is 2.66. The van der Waals surface area contributed by atoms with Crippen LogP contribution in [0, 0.1) is 11.8 Å². The number of ether oxygens (including phenoxy) is 2. The van der Waals surface area contributed by atoms with Crippen molar-refractivity contribution in [2.45, 2.75) is 48.1 Å². The smallest absolute Gasteiger partial charge is 0.310 e. The van der Waals surface area contributed by atoms with E-state index in [1.165, 1.54) is 0 Å². The third-order valence-electron chi connectivity index (χ3n) is 7.64. The minimum atomic E-state index is -0.716. The first-order valence-electron chi connectivity index (χ1n) is 12.9. The van der Waals surface area contributed by atoms with Crippen molar-refractivity contribution in [3.05, 3.63) is 49.6 Å². The molecule has 0 aromatic heterocycles. The average molecular weight is 529 g/mol. The number of esters is 1. The first kappa shape index (κ1) is 27.3. The van der Waals surface area contributed by atoms with Crippen molar-refractivity contribution in [2.24, 2.45) is 11.8 Å². The molecular weight excluding hydrogens is 492 g/mol. The number of thioether (sulfide) groups is 1. The van der Waals surface area contributed by atoms with Gasteiger partial charge in [-0.2, -0.15) is 0 Å². The molecule has 0 saturated carbocycles. The predicted molar refractivity (Wildman–Crippen MR) is 143 cm³/mol. The number of amides is 2. The summed E-state index contributed by atoms with van der Waals surface area (Å²) in [5, 5.41) is 9.29. The lowest BCUT2D eigenvalue weighted by Crippen LogP contribution is -2.55. The van der Waals surface area contributed by atoms with Crippen LogP contribution in [0.3, 0.4) is 0 Å². The second kappa shape index (κ2) is 11.7. The zero-order valence-corrected chi connectivity index (χ0v) is 22.2. The fourth-order valence-corrected chi connectivity index (χ4v) is 8.24. The van der Waals surface area contributed by atoms with E-state index in [2.05, 4.69) is 13.2 Å². The molecule has 2 amide bonds. The molecule has 3 fully saturated rings. The van der Waals surface area contributed by atoms with Gasteiger partial charge in [0.05, 0.1) is 30.3 Å². The number of aliphatic hydroxyl groups excluding tert-OH is 1. The summed E-state index contributed by atoms with van der Waals surface area (Å²) >= 11 is 1.62. The fraction of sp³-hybridized carbons (Fsp3) is 0.536. The van der Waals surface area contributed by atoms with Crippen LogP contribution < -0.4 is 9.64 Å². The molecule has 1 aromatic rings. The lowest BCUT2D eigenvalue weighted by molar-refractivity contribution is -0.154. The summed E-state index contributed by atoms with van der Waals surface area (Å²) in [7, 11) is 1.59. The number of carbonyl (C=O) groups excluding carboxylic acids is 3. The summed E-state index contributed by atoms with van der Waals surface area (Å²) in [6, 6.07) is 6.52. The van der Waals surface area contributed by atoms with Gasteiger partial charge in [0.1, 0.15) is 11.8 Å². The number of nitrogens with zero attached hydrogens (tertiary/aromatic N) is 2. The lowest BCUT2D eigenvalue weighted by atomic mass is 9.71. The Morgan fingerprint density at radius 3 is 2.65 bits per heavy atom. The van der Waals surface area contributed by atoms with Gasteiger partial charge < -0.3 is 24.4 Å². The summed E-state index contributed by atoms with van der Waals surface area (Å²) < 4.78 is 10.1. The molecule has 2 bridgehead atoms. The minimum Gasteiger partial charge on any atom is -0.497 e. The van der Waals surface area contributed by atoms with Crippen LogP contribution in [-0.4, -0.2) is 77.2 Å². The molecule has 1 N–H and O–H groups in total. The number of hydrogen-bond acceptors (Lipinski definition) is 7. The third kappa shape index (κ3) is 4.91.